The molecule has 0 unspecified atom stereocenters. The Balaban J connectivity index is 2.92. The lowest BCUT2D eigenvalue weighted by atomic mass is 10.2. The standard InChI is InChI=1S/C15H19NO6/c1-9(2)14(17)21-8-11-5-6-13(12(7-11)16(19)20)22-15(18)10(3)4/h5-7,9-10H,8H2,1-4H3. The van der Waals surface area contributed by atoms with Gasteiger partial charge in [0.1, 0.15) is 6.61 Å². The summed E-state index contributed by atoms with van der Waals surface area (Å²) in [6.45, 7) is 6.58. The molecule has 0 aromatic heterocycles. The van der Waals surface area contributed by atoms with Crippen molar-refractivity contribution in [3.8, 4) is 5.75 Å². The van der Waals surface area contributed by atoms with E-state index in [0.29, 0.717) is 5.56 Å². The first kappa shape index (κ1) is 17.6. The molecular formula is C15H19NO6. The van der Waals surface area contributed by atoms with Gasteiger partial charge >= 0.3 is 17.6 Å². The molecule has 1 rings (SSSR count). The van der Waals surface area contributed by atoms with Crippen LogP contribution in [0.5, 0.6) is 5.75 Å². The molecule has 0 saturated heterocycles. The smallest absolute Gasteiger partial charge is 0.314 e. The number of nitrogens with zero attached hydrogens (tertiary/aromatic N) is 1. The molecule has 0 aliphatic rings. The minimum atomic E-state index is -0.642. The van der Waals surface area contributed by atoms with E-state index in [1.165, 1.54) is 18.2 Å². The zero-order chi connectivity index (χ0) is 16.9. The fraction of sp³-hybridized carbons (Fsp3) is 0.467. The third-order valence-corrected chi connectivity index (χ3v) is 2.75. The Hall–Kier alpha value is -2.44. The van der Waals surface area contributed by atoms with Crippen LogP contribution in [0.1, 0.15) is 33.3 Å². The SMILES string of the molecule is CC(C)C(=O)OCc1ccc(OC(=O)C(C)C)c([N+](=O)[O-])c1. The normalized spacial score (nSPS) is 10.6. The average molecular weight is 309 g/mol. The monoisotopic (exact) mass is 309 g/mol. The van der Waals surface area contributed by atoms with Gasteiger partial charge in [0, 0.05) is 6.07 Å². The fourth-order valence-corrected chi connectivity index (χ4v) is 1.43. The van der Waals surface area contributed by atoms with Crippen LogP contribution in [0.2, 0.25) is 0 Å². The van der Waals surface area contributed by atoms with Crippen LogP contribution in [0, 0.1) is 22.0 Å². The van der Waals surface area contributed by atoms with Gasteiger partial charge in [-0.2, -0.15) is 0 Å². The number of nitro benzene ring substituents is 1. The summed E-state index contributed by atoms with van der Waals surface area (Å²) < 4.78 is 10.0. The molecule has 0 N–H and O–H groups in total. The third kappa shape index (κ3) is 4.83. The largest absolute Gasteiger partial charge is 0.461 e. The van der Waals surface area contributed by atoms with E-state index in [4.69, 9.17) is 9.47 Å². The van der Waals surface area contributed by atoms with Crippen LogP contribution in [-0.2, 0) is 20.9 Å². The molecule has 0 spiro atoms. The van der Waals surface area contributed by atoms with E-state index in [0.717, 1.165) is 0 Å². The van der Waals surface area contributed by atoms with Gasteiger partial charge in [-0.25, -0.2) is 0 Å². The molecule has 0 saturated carbocycles. The predicted octanol–water partition coefficient (Wildman–Crippen LogP) is 2.86. The summed E-state index contributed by atoms with van der Waals surface area (Å²) in [7, 11) is 0. The number of hydrogen-bond acceptors (Lipinski definition) is 6. The lowest BCUT2D eigenvalue weighted by molar-refractivity contribution is -0.385. The lowest BCUT2D eigenvalue weighted by Crippen LogP contribution is -2.15. The van der Waals surface area contributed by atoms with Crippen molar-refractivity contribution in [3.63, 3.8) is 0 Å². The minimum Gasteiger partial charge on any atom is -0.461 e. The number of esters is 2. The maximum atomic E-state index is 11.5. The van der Waals surface area contributed by atoms with Crippen LogP contribution in [0.3, 0.4) is 0 Å². The Morgan fingerprint density at radius 2 is 1.73 bits per heavy atom. The molecule has 0 atom stereocenters. The molecule has 0 bridgehead atoms. The van der Waals surface area contributed by atoms with Crippen LogP contribution in [-0.4, -0.2) is 16.9 Å². The van der Waals surface area contributed by atoms with Crippen molar-refractivity contribution in [3.05, 3.63) is 33.9 Å². The van der Waals surface area contributed by atoms with Gasteiger partial charge in [0.05, 0.1) is 16.8 Å². The molecule has 0 aliphatic heterocycles. The van der Waals surface area contributed by atoms with Crippen molar-refractivity contribution in [2.24, 2.45) is 11.8 Å². The maximum absolute atomic E-state index is 11.5. The van der Waals surface area contributed by atoms with E-state index < -0.39 is 22.8 Å². The van der Waals surface area contributed by atoms with Gasteiger partial charge in [-0.1, -0.05) is 33.8 Å². The summed E-state index contributed by atoms with van der Waals surface area (Å²) in [6.07, 6.45) is 0. The maximum Gasteiger partial charge on any atom is 0.314 e. The van der Waals surface area contributed by atoms with E-state index in [-0.39, 0.29) is 24.0 Å². The molecule has 7 nitrogen and oxygen atoms in total. The zero-order valence-corrected chi connectivity index (χ0v) is 13.0. The third-order valence-electron chi connectivity index (χ3n) is 2.75. The number of ether oxygens (including phenoxy) is 2. The van der Waals surface area contributed by atoms with E-state index in [2.05, 4.69) is 0 Å². The average Bonchev–Trinajstić information content (AvgIpc) is 2.45. The molecular weight excluding hydrogens is 290 g/mol. The number of rotatable bonds is 6. The predicted molar refractivity (Wildman–Crippen MR) is 78.2 cm³/mol. The number of carbonyl (C=O) groups is 2. The minimum absolute atomic E-state index is 0.0732. The Kier molecular flexibility index (Phi) is 6.03. The van der Waals surface area contributed by atoms with Crippen LogP contribution in [0.4, 0.5) is 5.69 Å². The first-order valence-electron chi connectivity index (χ1n) is 6.88. The summed E-state index contributed by atoms with van der Waals surface area (Å²) in [5, 5.41) is 11.1. The second kappa shape index (κ2) is 7.53. The first-order chi connectivity index (χ1) is 10.2. The van der Waals surface area contributed by atoms with Crippen molar-refractivity contribution in [2.45, 2.75) is 34.3 Å². The summed E-state index contributed by atoms with van der Waals surface area (Å²) in [5.74, 6) is -1.74. The Labute approximate surface area is 128 Å². The molecule has 120 valence electrons. The molecule has 7 heteroatoms. The molecule has 1 aromatic carbocycles. The van der Waals surface area contributed by atoms with Crippen LogP contribution >= 0.6 is 0 Å². The zero-order valence-electron chi connectivity index (χ0n) is 13.0. The fourth-order valence-electron chi connectivity index (χ4n) is 1.43. The van der Waals surface area contributed by atoms with Gasteiger partial charge in [-0.15, -0.1) is 0 Å². The van der Waals surface area contributed by atoms with Crippen molar-refractivity contribution >= 4 is 17.6 Å². The van der Waals surface area contributed by atoms with Crippen LogP contribution in [0.15, 0.2) is 18.2 Å². The Morgan fingerprint density at radius 3 is 2.23 bits per heavy atom. The number of nitro groups is 1. The lowest BCUT2D eigenvalue weighted by Gasteiger charge is -2.10. The summed E-state index contributed by atoms with van der Waals surface area (Å²) in [5.41, 5.74) is 0.108. The van der Waals surface area contributed by atoms with Crippen molar-refractivity contribution in [1.82, 2.24) is 0 Å². The number of benzene rings is 1. The van der Waals surface area contributed by atoms with E-state index in [1.54, 1.807) is 27.7 Å². The second-order valence-electron chi connectivity index (χ2n) is 5.40. The van der Waals surface area contributed by atoms with Crippen LogP contribution < -0.4 is 4.74 Å². The molecule has 0 fully saturated rings. The Morgan fingerprint density at radius 1 is 1.14 bits per heavy atom. The second-order valence-corrected chi connectivity index (χ2v) is 5.40. The van der Waals surface area contributed by atoms with Crippen LogP contribution in [0.25, 0.3) is 0 Å². The molecule has 1 aromatic rings. The Bertz CT molecular complexity index is 579. The summed E-state index contributed by atoms with van der Waals surface area (Å²) in [4.78, 5) is 33.4. The highest BCUT2D eigenvalue weighted by Gasteiger charge is 2.20. The van der Waals surface area contributed by atoms with Crippen molar-refractivity contribution < 1.29 is 24.0 Å². The summed E-state index contributed by atoms with van der Waals surface area (Å²) in [6, 6.07) is 4.08. The van der Waals surface area contributed by atoms with Gasteiger partial charge < -0.3 is 9.47 Å². The van der Waals surface area contributed by atoms with Gasteiger partial charge in [-0.05, 0) is 11.6 Å². The summed E-state index contributed by atoms with van der Waals surface area (Å²) >= 11 is 0. The van der Waals surface area contributed by atoms with Gasteiger partial charge in [-0.3, -0.25) is 19.7 Å². The van der Waals surface area contributed by atoms with Gasteiger partial charge in [0.25, 0.3) is 0 Å². The van der Waals surface area contributed by atoms with Gasteiger partial charge in [0.2, 0.25) is 5.75 Å². The molecule has 0 heterocycles. The highest BCUT2D eigenvalue weighted by Crippen LogP contribution is 2.29. The van der Waals surface area contributed by atoms with E-state index in [1.807, 2.05) is 0 Å². The first-order valence-corrected chi connectivity index (χ1v) is 6.88. The van der Waals surface area contributed by atoms with Crippen molar-refractivity contribution in [2.75, 3.05) is 0 Å². The molecule has 22 heavy (non-hydrogen) atoms. The number of carbonyl (C=O) groups excluding carboxylic acids is 2. The molecule has 0 aliphatic carbocycles. The van der Waals surface area contributed by atoms with Crippen molar-refractivity contribution in [1.29, 1.82) is 0 Å². The molecule has 0 amide bonds. The van der Waals surface area contributed by atoms with E-state index >= 15 is 0 Å². The van der Waals surface area contributed by atoms with E-state index in [9.17, 15) is 19.7 Å². The number of hydrogen-bond donors (Lipinski definition) is 0. The topological polar surface area (TPSA) is 95.7 Å². The quantitative estimate of drug-likeness (QED) is 0.347. The molecule has 0 radical (unpaired) electrons. The highest BCUT2D eigenvalue weighted by atomic mass is 16.6. The highest BCUT2D eigenvalue weighted by molar-refractivity contribution is 5.75. The van der Waals surface area contributed by atoms with Gasteiger partial charge in [0.15, 0.2) is 0 Å².